The predicted octanol–water partition coefficient (Wildman–Crippen LogP) is 3.46. The fraction of sp³-hybridized carbons (Fsp3) is 0.350. The first kappa shape index (κ1) is 20.6. The molecule has 1 aliphatic heterocycles. The van der Waals surface area contributed by atoms with Crippen LogP contribution in [0.3, 0.4) is 0 Å². The first-order valence-electron chi connectivity index (χ1n) is 8.92. The van der Waals surface area contributed by atoms with E-state index in [1.54, 1.807) is 24.3 Å². The fourth-order valence-electron chi connectivity index (χ4n) is 3.25. The van der Waals surface area contributed by atoms with E-state index in [1.165, 1.54) is 30.0 Å². The molecule has 5 nitrogen and oxygen atoms in total. The minimum Gasteiger partial charge on any atom is -0.478 e. The molecule has 8 heteroatoms. The molecule has 0 saturated carbocycles. The molecule has 0 N–H and O–H groups in total. The number of hydrogen-bond acceptors (Lipinski definition) is 4. The summed E-state index contributed by atoms with van der Waals surface area (Å²) >= 11 is 6.03. The molecular formula is C20H21ClFNO4S. The van der Waals surface area contributed by atoms with Crippen LogP contribution in [0.25, 0.3) is 0 Å². The number of para-hydroxylation sites is 1. The van der Waals surface area contributed by atoms with Crippen LogP contribution in [0.1, 0.15) is 18.9 Å². The summed E-state index contributed by atoms with van der Waals surface area (Å²) in [6, 6.07) is 12.4. The van der Waals surface area contributed by atoms with Crippen LogP contribution in [-0.4, -0.2) is 42.9 Å². The molecule has 1 amide bonds. The summed E-state index contributed by atoms with van der Waals surface area (Å²) in [6.07, 6.45) is -0.611. The first-order chi connectivity index (χ1) is 13.2. The van der Waals surface area contributed by atoms with Crippen LogP contribution in [0.15, 0.2) is 48.5 Å². The molecule has 0 aromatic heterocycles. The van der Waals surface area contributed by atoms with Gasteiger partial charge in [0.05, 0.1) is 11.5 Å². The highest BCUT2D eigenvalue weighted by Crippen LogP contribution is 2.24. The zero-order valence-electron chi connectivity index (χ0n) is 15.3. The highest BCUT2D eigenvalue weighted by molar-refractivity contribution is 7.91. The van der Waals surface area contributed by atoms with E-state index in [-0.39, 0.29) is 23.8 Å². The number of rotatable bonds is 6. The molecule has 2 unspecified atom stereocenters. The molecule has 3 rings (SSSR count). The van der Waals surface area contributed by atoms with Gasteiger partial charge in [0.25, 0.3) is 5.91 Å². The standard InChI is InChI=1S/C20H21ClFNO4S/c1-14(27-19-8-3-2-7-18(19)22)20(24)23(17-9-10-28(25,26)13-17)12-15-5-4-6-16(21)11-15/h2-8,11,14,17H,9-10,12-13H2,1H3. The largest absolute Gasteiger partial charge is 0.478 e. The number of carbonyl (C=O) groups excluding carboxylic acids is 1. The van der Waals surface area contributed by atoms with Gasteiger partial charge in [-0.3, -0.25) is 4.79 Å². The predicted molar refractivity (Wildman–Crippen MR) is 106 cm³/mol. The average molecular weight is 426 g/mol. The molecule has 2 aromatic carbocycles. The quantitative estimate of drug-likeness (QED) is 0.711. The van der Waals surface area contributed by atoms with Gasteiger partial charge in [-0.15, -0.1) is 0 Å². The monoisotopic (exact) mass is 425 g/mol. The summed E-state index contributed by atoms with van der Waals surface area (Å²) in [5.41, 5.74) is 0.781. The Morgan fingerprint density at radius 3 is 2.68 bits per heavy atom. The molecule has 0 spiro atoms. The fourth-order valence-corrected chi connectivity index (χ4v) is 5.20. The maximum Gasteiger partial charge on any atom is 0.263 e. The van der Waals surface area contributed by atoms with E-state index < -0.39 is 33.7 Å². The molecule has 0 bridgehead atoms. The van der Waals surface area contributed by atoms with Crippen molar-refractivity contribution in [3.63, 3.8) is 0 Å². The Kier molecular flexibility index (Phi) is 6.25. The zero-order chi connectivity index (χ0) is 20.3. The van der Waals surface area contributed by atoms with Crippen molar-refractivity contribution in [1.29, 1.82) is 0 Å². The van der Waals surface area contributed by atoms with Crippen molar-refractivity contribution < 1.29 is 22.3 Å². The van der Waals surface area contributed by atoms with Crippen LogP contribution in [0.2, 0.25) is 5.02 Å². The highest BCUT2D eigenvalue weighted by Gasteiger charge is 2.36. The number of amides is 1. The summed E-state index contributed by atoms with van der Waals surface area (Å²) in [4.78, 5) is 14.6. The maximum absolute atomic E-state index is 13.9. The van der Waals surface area contributed by atoms with E-state index in [4.69, 9.17) is 16.3 Å². The van der Waals surface area contributed by atoms with E-state index in [2.05, 4.69) is 0 Å². The molecule has 1 saturated heterocycles. The normalized spacial score (nSPS) is 19.2. The van der Waals surface area contributed by atoms with Gasteiger partial charge >= 0.3 is 0 Å². The van der Waals surface area contributed by atoms with Gasteiger partial charge in [-0.25, -0.2) is 12.8 Å². The van der Waals surface area contributed by atoms with Crippen LogP contribution >= 0.6 is 11.6 Å². The third-order valence-corrected chi connectivity index (χ3v) is 6.65. The van der Waals surface area contributed by atoms with Crippen molar-refractivity contribution >= 4 is 27.3 Å². The van der Waals surface area contributed by atoms with Crippen molar-refractivity contribution in [2.24, 2.45) is 0 Å². The maximum atomic E-state index is 13.9. The summed E-state index contributed by atoms with van der Waals surface area (Å²) in [5.74, 6) is -1.03. The van der Waals surface area contributed by atoms with Gasteiger partial charge in [-0.05, 0) is 43.2 Å². The van der Waals surface area contributed by atoms with E-state index in [1.807, 2.05) is 6.07 Å². The lowest BCUT2D eigenvalue weighted by molar-refractivity contribution is -0.140. The van der Waals surface area contributed by atoms with Gasteiger partial charge in [-0.2, -0.15) is 0 Å². The van der Waals surface area contributed by atoms with Crippen LogP contribution in [-0.2, 0) is 21.2 Å². The lowest BCUT2D eigenvalue weighted by Gasteiger charge is -2.31. The second-order valence-corrected chi connectivity index (χ2v) is 9.51. The lowest BCUT2D eigenvalue weighted by Crippen LogP contribution is -2.46. The zero-order valence-corrected chi connectivity index (χ0v) is 16.9. The number of carbonyl (C=O) groups is 1. The van der Waals surface area contributed by atoms with Gasteiger partial charge in [0.15, 0.2) is 27.5 Å². The Bertz CT molecular complexity index is 966. The van der Waals surface area contributed by atoms with E-state index >= 15 is 0 Å². The lowest BCUT2D eigenvalue weighted by atomic mass is 10.1. The molecule has 2 aromatic rings. The SMILES string of the molecule is CC(Oc1ccccc1F)C(=O)N(Cc1cccc(Cl)c1)C1CCS(=O)(=O)C1. The van der Waals surface area contributed by atoms with E-state index in [0.29, 0.717) is 11.4 Å². The first-order valence-corrected chi connectivity index (χ1v) is 11.1. The third-order valence-electron chi connectivity index (χ3n) is 4.66. The van der Waals surface area contributed by atoms with Crippen LogP contribution < -0.4 is 4.74 Å². The molecule has 2 atom stereocenters. The molecular weight excluding hydrogens is 405 g/mol. The molecule has 150 valence electrons. The number of sulfone groups is 1. The molecule has 1 aliphatic rings. The Balaban J connectivity index is 1.82. The summed E-state index contributed by atoms with van der Waals surface area (Å²) in [6.45, 7) is 1.73. The van der Waals surface area contributed by atoms with Crippen LogP contribution in [0.4, 0.5) is 4.39 Å². The third kappa shape index (κ3) is 5.02. The Morgan fingerprint density at radius 2 is 2.04 bits per heavy atom. The molecule has 28 heavy (non-hydrogen) atoms. The second-order valence-electron chi connectivity index (χ2n) is 6.84. The summed E-state index contributed by atoms with van der Waals surface area (Å²) < 4.78 is 43.3. The minimum atomic E-state index is -3.19. The van der Waals surface area contributed by atoms with Gasteiger partial charge in [0, 0.05) is 17.6 Å². The molecule has 1 fully saturated rings. The second kappa shape index (κ2) is 8.49. The number of hydrogen-bond donors (Lipinski definition) is 0. The average Bonchev–Trinajstić information content (AvgIpc) is 3.00. The van der Waals surface area contributed by atoms with E-state index in [0.717, 1.165) is 5.56 Å². The van der Waals surface area contributed by atoms with Crippen molar-refractivity contribution in [2.45, 2.75) is 32.0 Å². The Labute approximate surface area is 169 Å². The van der Waals surface area contributed by atoms with Gasteiger partial charge in [0.2, 0.25) is 0 Å². The minimum absolute atomic E-state index is 0.0231. The summed E-state index contributed by atoms with van der Waals surface area (Å²) in [7, 11) is -3.19. The number of ether oxygens (including phenoxy) is 1. The van der Waals surface area contributed by atoms with Crippen molar-refractivity contribution in [3.05, 3.63) is 64.9 Å². The van der Waals surface area contributed by atoms with Crippen molar-refractivity contribution in [1.82, 2.24) is 4.90 Å². The highest BCUT2D eigenvalue weighted by atomic mass is 35.5. The molecule has 1 heterocycles. The molecule has 0 radical (unpaired) electrons. The van der Waals surface area contributed by atoms with Crippen LogP contribution in [0.5, 0.6) is 5.75 Å². The van der Waals surface area contributed by atoms with Gasteiger partial charge in [-0.1, -0.05) is 35.9 Å². The Hall–Kier alpha value is -2.12. The molecule has 0 aliphatic carbocycles. The topological polar surface area (TPSA) is 63.7 Å². The summed E-state index contributed by atoms with van der Waals surface area (Å²) in [5, 5.41) is 0.527. The number of nitrogens with zero attached hydrogens (tertiary/aromatic N) is 1. The van der Waals surface area contributed by atoms with Gasteiger partial charge < -0.3 is 9.64 Å². The smallest absolute Gasteiger partial charge is 0.263 e. The van der Waals surface area contributed by atoms with Gasteiger partial charge in [0.1, 0.15) is 0 Å². The van der Waals surface area contributed by atoms with Crippen molar-refractivity contribution in [3.8, 4) is 5.75 Å². The van der Waals surface area contributed by atoms with E-state index in [9.17, 15) is 17.6 Å². The Morgan fingerprint density at radius 1 is 1.29 bits per heavy atom. The van der Waals surface area contributed by atoms with Crippen molar-refractivity contribution in [2.75, 3.05) is 11.5 Å². The number of benzene rings is 2. The number of halogens is 2. The van der Waals surface area contributed by atoms with Crippen LogP contribution in [0, 0.1) is 5.82 Å².